The fraction of sp³-hybridized carbons (Fsp3) is 0.333. The molecule has 1 fully saturated rings. The first-order chi connectivity index (χ1) is 13.4. The molecular formula is C21H22Cl2N2O3. The minimum absolute atomic E-state index is 0.0262. The van der Waals surface area contributed by atoms with E-state index in [2.05, 4.69) is 5.32 Å². The van der Waals surface area contributed by atoms with E-state index in [0.29, 0.717) is 47.3 Å². The Morgan fingerprint density at radius 3 is 2.57 bits per heavy atom. The highest BCUT2D eigenvalue weighted by atomic mass is 35.5. The molecule has 0 saturated carbocycles. The van der Waals surface area contributed by atoms with Gasteiger partial charge in [0.05, 0.1) is 5.02 Å². The number of aryl methyl sites for hydroxylation is 1. The Labute approximate surface area is 174 Å². The first-order valence-electron chi connectivity index (χ1n) is 9.15. The summed E-state index contributed by atoms with van der Waals surface area (Å²) in [5, 5.41) is 3.83. The lowest BCUT2D eigenvalue weighted by Gasteiger charge is -2.32. The molecule has 148 valence electrons. The molecule has 0 bridgehead atoms. The summed E-state index contributed by atoms with van der Waals surface area (Å²) in [6, 6.07) is 12.5. The maximum atomic E-state index is 12.6. The zero-order valence-corrected chi connectivity index (χ0v) is 17.1. The molecule has 2 amide bonds. The number of hydrogen-bond acceptors (Lipinski definition) is 3. The summed E-state index contributed by atoms with van der Waals surface area (Å²) in [5.41, 5.74) is 1.77. The highest BCUT2D eigenvalue weighted by molar-refractivity contribution is 6.35. The van der Waals surface area contributed by atoms with E-state index in [1.54, 1.807) is 18.2 Å². The van der Waals surface area contributed by atoms with Crippen LogP contribution in [-0.2, 0) is 4.79 Å². The Hall–Kier alpha value is -2.24. The van der Waals surface area contributed by atoms with Gasteiger partial charge in [0.25, 0.3) is 11.8 Å². The topological polar surface area (TPSA) is 58.6 Å². The van der Waals surface area contributed by atoms with Crippen molar-refractivity contribution >= 4 is 35.0 Å². The van der Waals surface area contributed by atoms with Crippen LogP contribution >= 0.6 is 23.2 Å². The second-order valence-electron chi connectivity index (χ2n) is 6.87. The zero-order chi connectivity index (χ0) is 20.1. The lowest BCUT2D eigenvalue weighted by Crippen LogP contribution is -2.47. The summed E-state index contributed by atoms with van der Waals surface area (Å²) in [6.07, 6.45) is 1.43. The molecule has 1 heterocycles. The number of carbonyl (C=O) groups excluding carboxylic acids is 2. The zero-order valence-electron chi connectivity index (χ0n) is 15.6. The largest absolute Gasteiger partial charge is 0.482 e. The van der Waals surface area contributed by atoms with Gasteiger partial charge in [0.1, 0.15) is 5.75 Å². The number of carbonyl (C=O) groups is 2. The Bertz CT molecular complexity index is 864. The lowest BCUT2D eigenvalue weighted by molar-refractivity contribution is -0.124. The van der Waals surface area contributed by atoms with Gasteiger partial charge in [-0.3, -0.25) is 9.59 Å². The lowest BCUT2D eigenvalue weighted by atomic mass is 10.0. The number of hydrogen-bond donors (Lipinski definition) is 1. The Kier molecular flexibility index (Phi) is 6.81. The van der Waals surface area contributed by atoms with Gasteiger partial charge < -0.3 is 15.0 Å². The van der Waals surface area contributed by atoms with Crippen molar-refractivity contribution in [3.63, 3.8) is 0 Å². The molecule has 0 radical (unpaired) electrons. The van der Waals surface area contributed by atoms with Crippen molar-refractivity contribution in [2.45, 2.75) is 25.8 Å². The molecule has 2 aromatic rings. The third kappa shape index (κ3) is 5.40. The van der Waals surface area contributed by atoms with Crippen LogP contribution in [0.2, 0.25) is 10.0 Å². The molecule has 1 saturated heterocycles. The fourth-order valence-corrected chi connectivity index (χ4v) is 3.66. The normalized spacial score (nSPS) is 14.6. The number of piperidine rings is 1. The molecule has 3 rings (SSSR count). The van der Waals surface area contributed by atoms with Gasteiger partial charge in [-0.25, -0.2) is 0 Å². The summed E-state index contributed by atoms with van der Waals surface area (Å²) in [4.78, 5) is 26.6. The van der Waals surface area contributed by atoms with Crippen LogP contribution in [0.25, 0.3) is 0 Å². The van der Waals surface area contributed by atoms with Crippen molar-refractivity contribution in [1.82, 2.24) is 10.2 Å². The Morgan fingerprint density at radius 1 is 1.14 bits per heavy atom. The molecule has 2 aromatic carbocycles. The summed E-state index contributed by atoms with van der Waals surface area (Å²) in [5.74, 6) is 0.239. The van der Waals surface area contributed by atoms with Crippen LogP contribution < -0.4 is 10.1 Å². The Balaban J connectivity index is 1.44. The highest BCUT2D eigenvalue weighted by Crippen LogP contribution is 2.27. The molecule has 0 atom stereocenters. The summed E-state index contributed by atoms with van der Waals surface area (Å²) >= 11 is 11.9. The molecule has 0 spiro atoms. The van der Waals surface area contributed by atoms with Gasteiger partial charge in [0.2, 0.25) is 0 Å². The van der Waals surface area contributed by atoms with Crippen LogP contribution in [0, 0.1) is 6.92 Å². The summed E-state index contributed by atoms with van der Waals surface area (Å²) in [7, 11) is 0. The quantitative estimate of drug-likeness (QED) is 0.791. The first-order valence-corrected chi connectivity index (χ1v) is 9.91. The van der Waals surface area contributed by atoms with E-state index in [1.807, 2.05) is 36.1 Å². The van der Waals surface area contributed by atoms with Crippen molar-refractivity contribution in [3.05, 3.63) is 63.6 Å². The van der Waals surface area contributed by atoms with Gasteiger partial charge in [-0.05, 0) is 50.1 Å². The van der Waals surface area contributed by atoms with Crippen LogP contribution in [0.4, 0.5) is 0 Å². The average Bonchev–Trinajstić information content (AvgIpc) is 2.67. The van der Waals surface area contributed by atoms with Crippen molar-refractivity contribution < 1.29 is 14.3 Å². The number of benzene rings is 2. The molecule has 0 unspecified atom stereocenters. The summed E-state index contributed by atoms with van der Waals surface area (Å²) < 4.78 is 5.46. The number of nitrogens with zero attached hydrogens (tertiary/aromatic N) is 1. The van der Waals surface area contributed by atoms with Crippen molar-refractivity contribution in [3.8, 4) is 5.75 Å². The van der Waals surface area contributed by atoms with Crippen LogP contribution in [0.1, 0.15) is 28.8 Å². The first kappa shape index (κ1) is 20.5. The van der Waals surface area contributed by atoms with Crippen molar-refractivity contribution in [2.24, 2.45) is 0 Å². The number of rotatable bonds is 5. The number of ether oxygens (including phenoxy) is 1. The van der Waals surface area contributed by atoms with Crippen molar-refractivity contribution in [2.75, 3.05) is 19.7 Å². The maximum absolute atomic E-state index is 12.6. The predicted octanol–water partition coefficient (Wildman–Crippen LogP) is 4.10. The molecule has 1 aliphatic rings. The minimum atomic E-state index is -0.213. The molecule has 0 aliphatic carbocycles. The van der Waals surface area contributed by atoms with Gasteiger partial charge >= 0.3 is 0 Å². The maximum Gasteiger partial charge on any atom is 0.258 e. The monoisotopic (exact) mass is 420 g/mol. The molecule has 0 aromatic heterocycles. The van der Waals surface area contributed by atoms with E-state index in [-0.39, 0.29) is 24.5 Å². The van der Waals surface area contributed by atoms with Crippen LogP contribution in [-0.4, -0.2) is 42.5 Å². The SMILES string of the molecule is Cc1cccc(C(=O)N2CCC(NC(=O)COc3ccc(Cl)cc3Cl)CC2)c1. The molecule has 5 nitrogen and oxygen atoms in total. The second-order valence-corrected chi connectivity index (χ2v) is 7.71. The smallest absolute Gasteiger partial charge is 0.258 e. The van der Waals surface area contributed by atoms with Gasteiger partial charge in [0, 0.05) is 29.7 Å². The van der Waals surface area contributed by atoms with E-state index >= 15 is 0 Å². The standard InChI is InChI=1S/C21H22Cl2N2O3/c1-14-3-2-4-15(11-14)21(27)25-9-7-17(8-10-25)24-20(26)13-28-19-6-5-16(22)12-18(19)23/h2-6,11-12,17H,7-10,13H2,1H3,(H,24,26). The third-order valence-electron chi connectivity index (χ3n) is 4.66. The molecule has 1 aliphatic heterocycles. The van der Waals surface area contributed by atoms with E-state index in [1.165, 1.54) is 0 Å². The van der Waals surface area contributed by atoms with E-state index in [9.17, 15) is 9.59 Å². The fourth-order valence-electron chi connectivity index (χ4n) is 3.19. The second kappa shape index (κ2) is 9.30. The van der Waals surface area contributed by atoms with Gasteiger partial charge in [-0.15, -0.1) is 0 Å². The van der Waals surface area contributed by atoms with Crippen LogP contribution in [0.5, 0.6) is 5.75 Å². The minimum Gasteiger partial charge on any atom is -0.482 e. The third-order valence-corrected chi connectivity index (χ3v) is 5.20. The molecule has 7 heteroatoms. The average molecular weight is 421 g/mol. The molecule has 28 heavy (non-hydrogen) atoms. The highest BCUT2D eigenvalue weighted by Gasteiger charge is 2.24. The molecular weight excluding hydrogens is 399 g/mol. The summed E-state index contributed by atoms with van der Waals surface area (Å²) in [6.45, 7) is 3.07. The van der Waals surface area contributed by atoms with E-state index in [4.69, 9.17) is 27.9 Å². The number of nitrogens with one attached hydrogen (secondary N) is 1. The predicted molar refractivity (Wildman–Crippen MR) is 110 cm³/mol. The van der Waals surface area contributed by atoms with Gasteiger partial charge in [-0.1, -0.05) is 40.9 Å². The molecule has 1 N–H and O–H groups in total. The van der Waals surface area contributed by atoms with E-state index < -0.39 is 0 Å². The van der Waals surface area contributed by atoms with E-state index in [0.717, 1.165) is 5.56 Å². The number of amides is 2. The number of halogens is 2. The van der Waals surface area contributed by atoms with Crippen LogP contribution in [0.15, 0.2) is 42.5 Å². The van der Waals surface area contributed by atoms with Crippen molar-refractivity contribution in [1.29, 1.82) is 0 Å². The number of likely N-dealkylation sites (tertiary alicyclic amines) is 1. The Morgan fingerprint density at radius 2 is 1.89 bits per heavy atom. The van der Waals surface area contributed by atoms with Gasteiger partial charge in [0.15, 0.2) is 6.61 Å². The van der Waals surface area contributed by atoms with Gasteiger partial charge in [-0.2, -0.15) is 0 Å². The van der Waals surface area contributed by atoms with Crippen LogP contribution in [0.3, 0.4) is 0 Å².